The van der Waals surface area contributed by atoms with E-state index in [2.05, 4.69) is 5.32 Å². The monoisotopic (exact) mass is 419 g/mol. The van der Waals surface area contributed by atoms with Gasteiger partial charge in [0.05, 0.1) is 12.1 Å². The van der Waals surface area contributed by atoms with E-state index in [-0.39, 0.29) is 18.2 Å². The minimum atomic E-state index is -0.736. The molecule has 0 radical (unpaired) electrons. The summed E-state index contributed by atoms with van der Waals surface area (Å²) in [4.78, 5) is 28.4. The van der Waals surface area contributed by atoms with Crippen LogP contribution in [0.2, 0.25) is 5.02 Å². The number of rotatable bonds is 5. The summed E-state index contributed by atoms with van der Waals surface area (Å²) in [5, 5.41) is 4.05. The minimum absolute atomic E-state index is 0.00463. The molecule has 146 valence electrons. The van der Waals surface area contributed by atoms with Crippen molar-refractivity contribution in [2.45, 2.75) is 25.9 Å². The summed E-state index contributed by atoms with van der Waals surface area (Å²) in [6, 6.07) is 11.8. The van der Waals surface area contributed by atoms with Gasteiger partial charge in [-0.2, -0.15) is 0 Å². The van der Waals surface area contributed by atoms with Crippen LogP contribution in [-0.2, 0) is 16.1 Å². The van der Waals surface area contributed by atoms with Crippen LogP contribution in [-0.4, -0.2) is 34.4 Å². The number of hydrogen-bond acceptors (Lipinski definition) is 3. The highest BCUT2D eigenvalue weighted by Crippen LogP contribution is 2.27. The molecular formula is C20H19ClFN3O2S. The summed E-state index contributed by atoms with van der Waals surface area (Å²) >= 11 is 11.4. The molecule has 5 nitrogen and oxygen atoms in total. The Morgan fingerprint density at radius 3 is 2.46 bits per heavy atom. The first kappa shape index (κ1) is 20.2. The van der Waals surface area contributed by atoms with Crippen molar-refractivity contribution in [1.29, 1.82) is 0 Å². The molecule has 0 saturated carbocycles. The Morgan fingerprint density at radius 2 is 1.86 bits per heavy atom. The fourth-order valence-corrected chi connectivity index (χ4v) is 3.55. The summed E-state index contributed by atoms with van der Waals surface area (Å²) in [7, 11) is 0. The Hall–Kier alpha value is -2.51. The third-order valence-electron chi connectivity index (χ3n) is 4.44. The van der Waals surface area contributed by atoms with Crippen LogP contribution < -0.4 is 10.2 Å². The summed E-state index contributed by atoms with van der Waals surface area (Å²) in [5.74, 6) is -1.16. The molecule has 1 heterocycles. The average Bonchev–Trinajstić information content (AvgIpc) is 2.96. The highest BCUT2D eigenvalue weighted by molar-refractivity contribution is 7.80. The molecule has 0 aromatic heterocycles. The number of nitrogens with zero attached hydrogens (tertiary/aromatic N) is 2. The van der Waals surface area contributed by atoms with Gasteiger partial charge in [-0.15, -0.1) is 0 Å². The van der Waals surface area contributed by atoms with Gasteiger partial charge in [0, 0.05) is 18.1 Å². The predicted molar refractivity (Wildman–Crippen MR) is 111 cm³/mol. The minimum Gasteiger partial charge on any atom is -0.363 e. The quantitative estimate of drug-likeness (QED) is 0.593. The number of carbonyl (C=O) groups is 2. The molecule has 8 heteroatoms. The maximum absolute atomic E-state index is 13.2. The van der Waals surface area contributed by atoms with Gasteiger partial charge >= 0.3 is 0 Å². The number of thiocarbonyl (C=S) groups is 1. The van der Waals surface area contributed by atoms with Crippen LogP contribution in [0.25, 0.3) is 0 Å². The fourth-order valence-electron chi connectivity index (χ4n) is 3.08. The van der Waals surface area contributed by atoms with E-state index in [1.165, 1.54) is 24.3 Å². The summed E-state index contributed by atoms with van der Waals surface area (Å²) in [6.07, 6.45) is -0.00463. The van der Waals surface area contributed by atoms with Crippen LogP contribution >= 0.6 is 23.8 Å². The van der Waals surface area contributed by atoms with E-state index < -0.39 is 11.9 Å². The Kier molecular flexibility index (Phi) is 6.26. The van der Waals surface area contributed by atoms with Crippen molar-refractivity contribution >= 4 is 46.4 Å². The van der Waals surface area contributed by atoms with E-state index in [0.717, 1.165) is 10.5 Å². The van der Waals surface area contributed by atoms with Crippen molar-refractivity contribution in [3.05, 3.63) is 64.9 Å². The van der Waals surface area contributed by atoms with E-state index >= 15 is 0 Å². The van der Waals surface area contributed by atoms with Gasteiger partial charge in [0.2, 0.25) is 5.91 Å². The summed E-state index contributed by atoms with van der Waals surface area (Å²) < 4.78 is 13.2. The van der Waals surface area contributed by atoms with E-state index in [4.69, 9.17) is 23.8 Å². The lowest BCUT2D eigenvalue weighted by molar-refractivity contribution is -0.122. The van der Waals surface area contributed by atoms with Crippen LogP contribution in [0.4, 0.5) is 10.1 Å². The highest BCUT2D eigenvalue weighted by atomic mass is 35.5. The van der Waals surface area contributed by atoms with Gasteiger partial charge in [0.15, 0.2) is 5.11 Å². The second-order valence-corrected chi connectivity index (χ2v) is 7.18. The van der Waals surface area contributed by atoms with Crippen molar-refractivity contribution in [2.75, 3.05) is 11.4 Å². The number of nitrogens with one attached hydrogen (secondary N) is 1. The van der Waals surface area contributed by atoms with Gasteiger partial charge in [0.25, 0.3) is 5.91 Å². The summed E-state index contributed by atoms with van der Waals surface area (Å²) in [5.41, 5.74) is 1.25. The van der Waals surface area contributed by atoms with Crippen molar-refractivity contribution in [2.24, 2.45) is 0 Å². The highest BCUT2D eigenvalue weighted by Gasteiger charge is 2.43. The molecule has 0 spiro atoms. The lowest BCUT2D eigenvalue weighted by Gasteiger charge is -2.30. The van der Waals surface area contributed by atoms with Crippen LogP contribution in [0.5, 0.6) is 0 Å². The average molecular weight is 420 g/mol. The van der Waals surface area contributed by atoms with Gasteiger partial charge < -0.3 is 10.2 Å². The van der Waals surface area contributed by atoms with Gasteiger partial charge in [-0.3, -0.25) is 9.59 Å². The molecule has 1 aliphatic rings. The fraction of sp³-hybridized carbons (Fsp3) is 0.250. The molecule has 1 atom stereocenters. The number of imide groups is 1. The molecule has 28 heavy (non-hydrogen) atoms. The van der Waals surface area contributed by atoms with Crippen molar-refractivity contribution in [1.82, 2.24) is 10.2 Å². The smallest absolute Gasteiger partial charge is 0.257 e. The van der Waals surface area contributed by atoms with Gasteiger partial charge in [-0.1, -0.05) is 23.7 Å². The van der Waals surface area contributed by atoms with E-state index in [1.807, 2.05) is 19.1 Å². The maximum Gasteiger partial charge on any atom is 0.257 e. The molecule has 2 aromatic carbocycles. The molecule has 0 bridgehead atoms. The first-order valence-electron chi connectivity index (χ1n) is 8.82. The van der Waals surface area contributed by atoms with Crippen LogP contribution in [0.15, 0.2) is 48.5 Å². The number of carbonyl (C=O) groups excluding carboxylic acids is 2. The SMILES string of the molecule is CCNC(=S)N(Cc1ccc(Cl)cc1)C1CC(=O)N(c2ccc(F)cc2)C1=O. The molecule has 2 aromatic rings. The van der Waals surface area contributed by atoms with Crippen LogP contribution in [0, 0.1) is 5.82 Å². The van der Waals surface area contributed by atoms with Crippen molar-refractivity contribution in [3.8, 4) is 0 Å². The zero-order valence-corrected chi connectivity index (χ0v) is 16.8. The van der Waals surface area contributed by atoms with E-state index in [1.54, 1.807) is 17.0 Å². The Balaban J connectivity index is 1.88. The molecule has 1 aliphatic heterocycles. The lowest BCUT2D eigenvalue weighted by atomic mass is 10.1. The molecule has 1 N–H and O–H groups in total. The Bertz CT molecular complexity index is 889. The number of benzene rings is 2. The number of halogens is 2. The van der Waals surface area contributed by atoms with Crippen LogP contribution in [0.3, 0.4) is 0 Å². The second kappa shape index (κ2) is 8.67. The standard InChI is InChI=1S/C20H19ClFN3O2S/c1-2-23-20(28)24(12-13-3-5-14(21)6-4-13)17-11-18(26)25(19(17)27)16-9-7-15(22)8-10-16/h3-10,17H,2,11-12H2,1H3,(H,23,28). The molecule has 1 saturated heterocycles. The van der Waals surface area contributed by atoms with Crippen molar-refractivity contribution < 1.29 is 14.0 Å². The molecule has 0 aliphatic carbocycles. The zero-order chi connectivity index (χ0) is 20.3. The second-order valence-electron chi connectivity index (χ2n) is 6.35. The third kappa shape index (κ3) is 4.31. The lowest BCUT2D eigenvalue weighted by Crippen LogP contribution is -2.49. The van der Waals surface area contributed by atoms with E-state index in [0.29, 0.717) is 28.9 Å². The largest absolute Gasteiger partial charge is 0.363 e. The first-order chi connectivity index (χ1) is 13.4. The van der Waals surface area contributed by atoms with Crippen LogP contribution in [0.1, 0.15) is 18.9 Å². The molecule has 3 rings (SSSR count). The van der Waals surface area contributed by atoms with Gasteiger partial charge in [-0.25, -0.2) is 9.29 Å². The Morgan fingerprint density at radius 1 is 1.21 bits per heavy atom. The zero-order valence-electron chi connectivity index (χ0n) is 15.2. The molecule has 1 fully saturated rings. The third-order valence-corrected chi connectivity index (χ3v) is 5.07. The predicted octanol–water partition coefficient (Wildman–Crippen LogP) is 3.51. The number of amides is 2. The Labute approximate surface area is 173 Å². The van der Waals surface area contributed by atoms with E-state index in [9.17, 15) is 14.0 Å². The molecule has 1 unspecified atom stereocenters. The summed E-state index contributed by atoms with van der Waals surface area (Å²) in [6.45, 7) is 2.84. The normalized spacial score (nSPS) is 16.4. The molecular weight excluding hydrogens is 401 g/mol. The first-order valence-corrected chi connectivity index (χ1v) is 9.60. The van der Waals surface area contributed by atoms with Gasteiger partial charge in [0.1, 0.15) is 11.9 Å². The maximum atomic E-state index is 13.2. The molecule has 2 amide bonds. The van der Waals surface area contributed by atoms with Crippen molar-refractivity contribution in [3.63, 3.8) is 0 Å². The van der Waals surface area contributed by atoms with Gasteiger partial charge in [-0.05, 0) is 61.1 Å². The number of anilines is 1. The number of hydrogen-bond donors (Lipinski definition) is 1. The topological polar surface area (TPSA) is 52.7 Å².